The van der Waals surface area contributed by atoms with E-state index in [1.54, 1.807) is 12.1 Å². The van der Waals surface area contributed by atoms with E-state index in [9.17, 15) is 9.18 Å². The molecule has 10 heteroatoms. The van der Waals surface area contributed by atoms with Crippen molar-refractivity contribution in [3.05, 3.63) is 99.8 Å². The number of aromatic amines is 1. The molecule has 0 spiro atoms. The van der Waals surface area contributed by atoms with E-state index >= 15 is 0 Å². The minimum Gasteiger partial charge on any atom is -0.383 e. The number of nitrogens with zero attached hydrogens (tertiary/aromatic N) is 4. The zero-order valence-corrected chi connectivity index (χ0v) is 22.9. The predicted octanol–water partition coefficient (Wildman–Crippen LogP) is 6.84. The van der Waals surface area contributed by atoms with E-state index in [2.05, 4.69) is 31.0 Å². The lowest BCUT2D eigenvalue weighted by Gasteiger charge is -2.10. The Morgan fingerprint density at radius 2 is 1.92 bits per heavy atom. The minimum absolute atomic E-state index is 0.217. The van der Waals surface area contributed by atoms with Crippen molar-refractivity contribution in [1.29, 1.82) is 0 Å². The number of hydrogen-bond donors (Lipinski definition) is 2. The molecule has 0 bridgehead atoms. The largest absolute Gasteiger partial charge is 0.383 e. The van der Waals surface area contributed by atoms with Gasteiger partial charge in [-0.1, -0.05) is 24.6 Å². The van der Waals surface area contributed by atoms with Gasteiger partial charge in [0, 0.05) is 16.7 Å². The summed E-state index contributed by atoms with van der Waals surface area (Å²) >= 11 is 4.66. The van der Waals surface area contributed by atoms with E-state index in [1.807, 2.05) is 60.3 Å². The molecule has 190 valence electrons. The highest BCUT2D eigenvalue weighted by atomic mass is 79.9. The summed E-state index contributed by atoms with van der Waals surface area (Å²) in [4.78, 5) is 22.6. The molecule has 0 aliphatic heterocycles. The van der Waals surface area contributed by atoms with Gasteiger partial charge < -0.3 is 10.7 Å². The van der Waals surface area contributed by atoms with Crippen molar-refractivity contribution in [2.45, 2.75) is 25.2 Å². The Hall–Kier alpha value is -3.89. The highest BCUT2D eigenvalue weighted by Crippen LogP contribution is 2.34. The number of ketones is 1. The van der Waals surface area contributed by atoms with Crippen molar-refractivity contribution in [2.75, 3.05) is 5.73 Å². The second-order valence-electron chi connectivity index (χ2n) is 8.98. The number of nitrogens with one attached hydrogen (secondary N) is 1. The molecule has 0 atom stereocenters. The number of aromatic nitrogens is 5. The molecule has 3 N–H and O–H groups in total. The van der Waals surface area contributed by atoms with Gasteiger partial charge in [0.25, 0.3) is 0 Å². The van der Waals surface area contributed by atoms with Crippen LogP contribution in [0.1, 0.15) is 34.4 Å². The topological polar surface area (TPSA) is 94.5 Å². The van der Waals surface area contributed by atoms with Gasteiger partial charge in [0.15, 0.2) is 0 Å². The highest BCUT2D eigenvalue weighted by Gasteiger charge is 2.24. The number of halogens is 2. The number of aryl methyl sites for hydroxylation is 2. The molecule has 0 unspecified atom stereocenters. The van der Waals surface area contributed by atoms with Crippen molar-refractivity contribution >= 4 is 61.4 Å². The quantitative estimate of drug-likeness (QED) is 0.208. The average Bonchev–Trinajstić information content (AvgIpc) is 3.60. The van der Waals surface area contributed by atoms with Gasteiger partial charge in [0.1, 0.15) is 23.2 Å². The van der Waals surface area contributed by atoms with Crippen LogP contribution in [0.25, 0.3) is 27.6 Å². The summed E-state index contributed by atoms with van der Waals surface area (Å²) in [6, 6.07) is 18.4. The Bertz CT molecular complexity index is 1850. The zero-order valence-electron chi connectivity index (χ0n) is 20.5. The van der Waals surface area contributed by atoms with Crippen LogP contribution >= 0.6 is 27.9 Å². The number of carbonyl (C=O) groups is 1. The van der Waals surface area contributed by atoms with Crippen LogP contribution in [0.15, 0.2) is 76.2 Å². The first-order valence-electron chi connectivity index (χ1n) is 11.9. The third kappa shape index (κ3) is 4.19. The summed E-state index contributed by atoms with van der Waals surface area (Å²) in [5.74, 6) is 0.399. The molecule has 0 fully saturated rings. The Kier molecular flexibility index (Phi) is 6.08. The molecule has 0 aliphatic carbocycles. The fraction of sp³-hybridized carbons (Fsp3) is 0.107. The number of H-pyrrole nitrogens is 1. The monoisotopic (exact) mass is 588 g/mol. The number of hydrogen-bond acceptors (Lipinski definition) is 5. The minimum atomic E-state index is -0.401. The molecule has 0 radical (unpaired) electrons. The summed E-state index contributed by atoms with van der Waals surface area (Å²) < 4.78 is 18.1. The van der Waals surface area contributed by atoms with Gasteiger partial charge in [-0.25, -0.2) is 14.1 Å². The van der Waals surface area contributed by atoms with Gasteiger partial charge in [-0.3, -0.25) is 8.77 Å². The molecule has 6 rings (SSSR count). The summed E-state index contributed by atoms with van der Waals surface area (Å²) in [7, 11) is 0. The van der Waals surface area contributed by atoms with Crippen molar-refractivity contribution in [3.8, 4) is 5.69 Å². The fourth-order valence-corrected chi connectivity index (χ4v) is 5.66. The molecule has 3 aromatic carbocycles. The molecule has 3 aromatic heterocycles. The third-order valence-corrected chi connectivity index (χ3v) is 8.06. The average molecular weight is 589 g/mol. The van der Waals surface area contributed by atoms with E-state index in [4.69, 9.17) is 5.73 Å². The number of fused-ring (bicyclic) bond motifs is 2. The van der Waals surface area contributed by atoms with Crippen LogP contribution in [0, 0.1) is 12.7 Å². The summed E-state index contributed by atoms with van der Waals surface area (Å²) in [5.41, 5.74) is 11.4. The molecule has 0 saturated carbocycles. The van der Waals surface area contributed by atoms with Crippen molar-refractivity contribution in [3.63, 3.8) is 0 Å². The number of anilines is 1. The smallest absolute Gasteiger partial charge is 0.215 e. The molecular formula is C28H22BrFN6OS. The first kappa shape index (κ1) is 24.4. The van der Waals surface area contributed by atoms with Crippen LogP contribution in [0.3, 0.4) is 0 Å². The van der Waals surface area contributed by atoms with E-state index in [0.29, 0.717) is 26.8 Å². The number of rotatable bonds is 6. The molecule has 3 heterocycles. The van der Waals surface area contributed by atoms with Gasteiger partial charge in [0.2, 0.25) is 5.78 Å². The Balaban J connectivity index is 1.44. The Morgan fingerprint density at radius 1 is 1.13 bits per heavy atom. The first-order chi connectivity index (χ1) is 18.3. The van der Waals surface area contributed by atoms with Crippen molar-refractivity contribution in [2.24, 2.45) is 0 Å². The van der Waals surface area contributed by atoms with Crippen LogP contribution in [0.2, 0.25) is 0 Å². The van der Waals surface area contributed by atoms with Crippen LogP contribution in [-0.4, -0.2) is 29.5 Å². The highest BCUT2D eigenvalue weighted by molar-refractivity contribution is 9.10. The maximum atomic E-state index is 14.4. The maximum absolute atomic E-state index is 14.4. The van der Waals surface area contributed by atoms with E-state index < -0.39 is 5.82 Å². The van der Waals surface area contributed by atoms with E-state index in [-0.39, 0.29) is 17.2 Å². The summed E-state index contributed by atoms with van der Waals surface area (Å²) in [5, 5.41) is 5.03. The van der Waals surface area contributed by atoms with Crippen LogP contribution in [-0.2, 0) is 6.42 Å². The maximum Gasteiger partial charge on any atom is 0.215 e. The fourth-order valence-electron chi connectivity index (χ4n) is 4.37. The second-order valence-corrected chi connectivity index (χ2v) is 10.8. The van der Waals surface area contributed by atoms with Crippen molar-refractivity contribution in [1.82, 2.24) is 23.7 Å². The van der Waals surface area contributed by atoms with Gasteiger partial charge in [-0.15, -0.1) is 0 Å². The number of benzene rings is 3. The molecule has 7 nitrogen and oxygen atoms in total. The van der Waals surface area contributed by atoms with Crippen LogP contribution in [0.5, 0.6) is 0 Å². The van der Waals surface area contributed by atoms with Gasteiger partial charge in [-0.05, 0) is 83.3 Å². The van der Waals surface area contributed by atoms with Crippen molar-refractivity contribution < 1.29 is 9.18 Å². The van der Waals surface area contributed by atoms with Gasteiger partial charge in [-0.2, -0.15) is 5.10 Å². The number of nitrogens with two attached hydrogens (primary N) is 1. The number of carbonyl (C=O) groups excluding carboxylic acids is 1. The molecule has 0 aliphatic rings. The molecule has 0 amide bonds. The molecular weight excluding hydrogens is 567 g/mol. The molecule has 38 heavy (non-hydrogen) atoms. The van der Waals surface area contributed by atoms with Crippen LogP contribution < -0.4 is 5.73 Å². The number of imidazole rings is 1. The first-order valence-corrected chi connectivity index (χ1v) is 13.5. The van der Waals surface area contributed by atoms with Crippen LogP contribution in [0.4, 0.5) is 10.2 Å². The third-order valence-electron chi connectivity index (χ3n) is 6.39. The zero-order chi connectivity index (χ0) is 26.6. The van der Waals surface area contributed by atoms with E-state index in [1.165, 1.54) is 28.9 Å². The summed E-state index contributed by atoms with van der Waals surface area (Å²) in [6.45, 7) is 4.05. The standard InChI is InChI=1S/C28H22BrFN6OS/c1-3-26-33-22-9-6-17(12-23(22)34-26)35-28(31)19(14-32-35)27(37)25-11-16-10-21(30)20(29)13-24(16)36(25)38-18-7-4-15(2)5-8-18/h4-14H,3,31H2,1-2H3,(H,33,34). The SMILES string of the molecule is CCc1nc2ccc(-n3ncc(C(=O)c4cc5cc(F)c(Br)cc5n4Sc4ccc(C)cc4)c3N)cc2[nH]1. The lowest BCUT2D eigenvalue weighted by atomic mass is 10.1. The molecule has 6 aromatic rings. The lowest BCUT2D eigenvalue weighted by molar-refractivity contribution is 0.103. The number of nitrogen functional groups attached to an aromatic ring is 1. The van der Waals surface area contributed by atoms with E-state index in [0.717, 1.165) is 33.7 Å². The Labute approximate surface area is 230 Å². The van der Waals surface area contributed by atoms with Gasteiger partial charge in [0.05, 0.1) is 38.5 Å². The lowest BCUT2D eigenvalue weighted by Crippen LogP contribution is -2.10. The summed E-state index contributed by atoms with van der Waals surface area (Å²) in [6.07, 6.45) is 2.27. The predicted molar refractivity (Wildman–Crippen MR) is 152 cm³/mol. The second kappa shape index (κ2) is 9.45. The Morgan fingerprint density at radius 3 is 2.68 bits per heavy atom. The molecule has 0 saturated heterocycles. The normalized spacial score (nSPS) is 11.6. The van der Waals surface area contributed by atoms with Gasteiger partial charge >= 0.3 is 0 Å².